The van der Waals surface area contributed by atoms with Gasteiger partial charge in [-0.2, -0.15) is 9.89 Å². The molecule has 0 atom stereocenters. The third-order valence-corrected chi connectivity index (χ3v) is 3.42. The summed E-state index contributed by atoms with van der Waals surface area (Å²) >= 11 is 0. The standard InChI is InChI=1S/C17H13N5O2/c1-24-17(23)13-9-7-11(8-10-13)14(20-18)16-19-15(21-22-16)12-5-3-2-4-6-12/h2-10H,1H3,(H,19,21,22). The normalized spacial score (nSPS) is 10.0. The topological polar surface area (TPSA) is 104 Å². The zero-order valence-electron chi connectivity index (χ0n) is 12.8. The number of benzene rings is 2. The Balaban J connectivity index is 1.92. The van der Waals surface area contributed by atoms with Gasteiger partial charge in [0.05, 0.1) is 18.2 Å². The highest BCUT2D eigenvalue weighted by atomic mass is 16.5. The van der Waals surface area contributed by atoms with Crippen molar-refractivity contribution in [2.24, 2.45) is 0 Å². The summed E-state index contributed by atoms with van der Waals surface area (Å²) in [5, 5.41) is 6.90. The SMILES string of the molecule is COC(=O)c1ccc(C(=[N+]=[N-])c2nc(-c3ccccc3)n[nH]2)cc1. The van der Waals surface area contributed by atoms with Crippen molar-refractivity contribution in [2.45, 2.75) is 0 Å². The fourth-order valence-electron chi connectivity index (χ4n) is 2.21. The van der Waals surface area contributed by atoms with E-state index in [4.69, 9.17) is 0 Å². The highest BCUT2D eigenvalue weighted by Crippen LogP contribution is 2.15. The number of ether oxygens (including phenoxy) is 1. The summed E-state index contributed by atoms with van der Waals surface area (Å²) in [6.45, 7) is 0. The number of rotatable bonds is 4. The molecular weight excluding hydrogens is 306 g/mol. The largest absolute Gasteiger partial charge is 0.465 e. The number of hydrogen-bond donors (Lipinski definition) is 1. The maximum absolute atomic E-state index is 11.5. The van der Waals surface area contributed by atoms with Gasteiger partial charge in [0.15, 0.2) is 5.82 Å². The average Bonchev–Trinajstić information content (AvgIpc) is 3.13. The van der Waals surface area contributed by atoms with Gasteiger partial charge >= 0.3 is 11.7 Å². The molecule has 0 bridgehead atoms. The molecule has 0 amide bonds. The molecule has 7 heteroatoms. The fraction of sp³-hybridized carbons (Fsp3) is 0.0588. The fourth-order valence-corrected chi connectivity index (χ4v) is 2.21. The Kier molecular flexibility index (Phi) is 4.27. The summed E-state index contributed by atoms with van der Waals surface area (Å²) in [4.78, 5) is 19.1. The number of carbonyl (C=O) groups is 1. The minimum absolute atomic E-state index is 0.223. The van der Waals surface area contributed by atoms with Gasteiger partial charge in [-0.1, -0.05) is 30.3 Å². The Bertz CT molecular complexity index is 910. The van der Waals surface area contributed by atoms with Crippen molar-refractivity contribution in [1.82, 2.24) is 15.2 Å². The van der Waals surface area contributed by atoms with E-state index < -0.39 is 5.97 Å². The summed E-state index contributed by atoms with van der Waals surface area (Å²) in [5.41, 5.74) is 11.4. The van der Waals surface area contributed by atoms with Crippen molar-refractivity contribution in [2.75, 3.05) is 7.11 Å². The second kappa shape index (κ2) is 6.68. The van der Waals surface area contributed by atoms with Crippen LogP contribution in [0.2, 0.25) is 0 Å². The van der Waals surface area contributed by atoms with E-state index in [1.54, 1.807) is 24.3 Å². The second-order valence-electron chi connectivity index (χ2n) is 4.89. The summed E-state index contributed by atoms with van der Waals surface area (Å²) in [6.07, 6.45) is 0. The van der Waals surface area contributed by atoms with Crippen LogP contribution < -0.4 is 0 Å². The molecule has 0 radical (unpaired) electrons. The van der Waals surface area contributed by atoms with E-state index in [0.29, 0.717) is 22.8 Å². The molecule has 3 aromatic rings. The molecule has 118 valence electrons. The molecule has 3 rings (SSSR count). The van der Waals surface area contributed by atoms with Gasteiger partial charge in [0, 0.05) is 5.56 Å². The van der Waals surface area contributed by atoms with Crippen LogP contribution in [0, 0.1) is 0 Å². The van der Waals surface area contributed by atoms with E-state index in [1.165, 1.54) is 7.11 Å². The van der Waals surface area contributed by atoms with Crippen LogP contribution in [0.5, 0.6) is 0 Å². The van der Waals surface area contributed by atoms with E-state index in [2.05, 4.69) is 24.7 Å². The Morgan fingerprint density at radius 3 is 2.38 bits per heavy atom. The molecule has 0 aliphatic carbocycles. The van der Waals surface area contributed by atoms with Gasteiger partial charge in [-0.05, 0) is 24.3 Å². The van der Waals surface area contributed by atoms with Crippen LogP contribution in [-0.4, -0.2) is 38.8 Å². The van der Waals surface area contributed by atoms with E-state index in [0.717, 1.165) is 5.56 Å². The van der Waals surface area contributed by atoms with Crippen molar-refractivity contribution in [3.05, 3.63) is 77.1 Å². The molecule has 0 saturated heterocycles. The lowest BCUT2D eigenvalue weighted by atomic mass is 10.1. The van der Waals surface area contributed by atoms with Gasteiger partial charge in [0.1, 0.15) is 0 Å². The van der Waals surface area contributed by atoms with Gasteiger partial charge in [0.25, 0.3) is 0 Å². The second-order valence-corrected chi connectivity index (χ2v) is 4.89. The molecule has 0 fully saturated rings. The monoisotopic (exact) mass is 319 g/mol. The number of nitrogens with one attached hydrogen (secondary N) is 1. The zero-order valence-corrected chi connectivity index (χ0v) is 12.8. The van der Waals surface area contributed by atoms with E-state index >= 15 is 0 Å². The Morgan fingerprint density at radius 1 is 1.08 bits per heavy atom. The van der Waals surface area contributed by atoms with Crippen LogP contribution in [0.3, 0.4) is 0 Å². The predicted molar refractivity (Wildman–Crippen MR) is 86.4 cm³/mol. The highest BCUT2D eigenvalue weighted by molar-refractivity contribution is 6.07. The lowest BCUT2D eigenvalue weighted by Crippen LogP contribution is -2.08. The quantitative estimate of drug-likeness (QED) is 0.345. The lowest BCUT2D eigenvalue weighted by molar-refractivity contribution is -0.00347. The molecular formula is C17H13N5O2. The van der Waals surface area contributed by atoms with Crippen LogP contribution in [0.15, 0.2) is 54.6 Å². The number of nitrogens with zero attached hydrogens (tertiary/aromatic N) is 4. The molecule has 1 heterocycles. The van der Waals surface area contributed by atoms with Gasteiger partial charge in [0.2, 0.25) is 5.82 Å². The number of H-pyrrole nitrogens is 1. The number of aromatic amines is 1. The molecule has 2 aromatic carbocycles. The first-order valence-corrected chi connectivity index (χ1v) is 7.12. The number of aromatic nitrogens is 3. The van der Waals surface area contributed by atoms with Crippen molar-refractivity contribution in [3.8, 4) is 11.4 Å². The average molecular weight is 319 g/mol. The number of methoxy groups -OCH3 is 1. The van der Waals surface area contributed by atoms with Gasteiger partial charge in [-0.15, -0.1) is 0 Å². The summed E-state index contributed by atoms with van der Waals surface area (Å²) in [5.74, 6) is 0.384. The maximum Gasteiger partial charge on any atom is 0.366 e. The molecule has 0 aliphatic rings. The number of esters is 1. The molecule has 1 aromatic heterocycles. The highest BCUT2D eigenvalue weighted by Gasteiger charge is 2.21. The number of hydrogen-bond acceptors (Lipinski definition) is 4. The third kappa shape index (κ3) is 2.97. The van der Waals surface area contributed by atoms with Gasteiger partial charge in [-0.3, -0.25) is 5.10 Å². The molecule has 24 heavy (non-hydrogen) atoms. The van der Waals surface area contributed by atoms with Crippen LogP contribution in [0.1, 0.15) is 21.7 Å². The third-order valence-electron chi connectivity index (χ3n) is 3.42. The van der Waals surface area contributed by atoms with Crippen LogP contribution in [0.4, 0.5) is 0 Å². The Hall–Kier alpha value is -3.57. The van der Waals surface area contributed by atoms with Crippen LogP contribution in [0.25, 0.3) is 16.9 Å². The number of carbonyl (C=O) groups excluding carboxylic acids is 1. The summed E-state index contributed by atoms with van der Waals surface area (Å²) in [7, 11) is 1.32. The van der Waals surface area contributed by atoms with Gasteiger partial charge < -0.3 is 10.3 Å². The van der Waals surface area contributed by atoms with Crippen LogP contribution in [-0.2, 0) is 4.74 Å². The summed E-state index contributed by atoms with van der Waals surface area (Å²) in [6, 6.07) is 15.9. The molecule has 0 saturated carbocycles. The van der Waals surface area contributed by atoms with Gasteiger partial charge in [-0.25, -0.2) is 9.78 Å². The van der Waals surface area contributed by atoms with Crippen molar-refractivity contribution in [1.29, 1.82) is 0 Å². The first-order valence-electron chi connectivity index (χ1n) is 7.12. The molecule has 7 nitrogen and oxygen atoms in total. The first kappa shape index (κ1) is 15.3. The van der Waals surface area contributed by atoms with Crippen molar-refractivity contribution >= 4 is 11.7 Å². The van der Waals surface area contributed by atoms with E-state index in [1.807, 2.05) is 30.3 Å². The van der Waals surface area contributed by atoms with Crippen molar-refractivity contribution in [3.63, 3.8) is 0 Å². The first-order chi connectivity index (χ1) is 11.7. The molecule has 0 aliphatic heterocycles. The van der Waals surface area contributed by atoms with E-state index in [9.17, 15) is 10.3 Å². The Labute approximate surface area is 137 Å². The predicted octanol–water partition coefficient (Wildman–Crippen LogP) is 2.33. The molecule has 0 unspecified atom stereocenters. The zero-order chi connectivity index (χ0) is 16.9. The van der Waals surface area contributed by atoms with Crippen LogP contribution >= 0.6 is 0 Å². The van der Waals surface area contributed by atoms with E-state index in [-0.39, 0.29) is 5.71 Å². The lowest BCUT2D eigenvalue weighted by Gasteiger charge is -1.99. The minimum atomic E-state index is -0.435. The summed E-state index contributed by atoms with van der Waals surface area (Å²) < 4.78 is 4.65. The van der Waals surface area contributed by atoms with Crippen molar-refractivity contribution < 1.29 is 14.3 Å². The molecule has 1 N–H and O–H groups in total. The Morgan fingerprint density at radius 2 is 1.75 bits per heavy atom. The smallest absolute Gasteiger partial charge is 0.366 e. The minimum Gasteiger partial charge on any atom is -0.465 e. The maximum atomic E-state index is 11.5. The molecule has 0 spiro atoms.